The lowest BCUT2D eigenvalue weighted by Gasteiger charge is -2.47. The number of esters is 2. The summed E-state index contributed by atoms with van der Waals surface area (Å²) < 4.78 is 15.0. The molecule has 2 N–H and O–H groups in total. The number of amides is 2. The van der Waals surface area contributed by atoms with Crippen LogP contribution >= 0.6 is 0 Å². The lowest BCUT2D eigenvalue weighted by molar-refractivity contribution is -0.144. The first kappa shape index (κ1) is 38.7. The molecule has 2 rings (SSSR count). The second kappa shape index (κ2) is 16.4. The number of ether oxygens (including phenoxy) is 3. The summed E-state index contributed by atoms with van der Waals surface area (Å²) >= 11 is 0. The molecule has 0 saturated heterocycles. The molecule has 0 radical (unpaired) electrons. The number of rotatable bonds is 16. The van der Waals surface area contributed by atoms with Gasteiger partial charge in [-0.05, 0) is 72.5 Å². The number of nitrogens with one attached hydrogen (secondary N) is 2. The van der Waals surface area contributed by atoms with Crippen LogP contribution in [0.5, 0.6) is 0 Å². The summed E-state index contributed by atoms with van der Waals surface area (Å²) in [6, 6.07) is -0.180. The maximum atomic E-state index is 12.9. The van der Waals surface area contributed by atoms with E-state index in [2.05, 4.69) is 65.3 Å². The summed E-state index contributed by atoms with van der Waals surface area (Å²) in [4.78, 5) is 72.7. The van der Waals surface area contributed by atoms with E-state index in [1.165, 1.54) is 0 Å². The zero-order chi connectivity index (χ0) is 34.8. The van der Waals surface area contributed by atoms with E-state index in [0.29, 0.717) is 19.4 Å². The van der Waals surface area contributed by atoms with Crippen molar-refractivity contribution in [2.45, 2.75) is 105 Å². The van der Waals surface area contributed by atoms with Gasteiger partial charge in [-0.15, -0.1) is 0 Å². The Morgan fingerprint density at radius 3 is 1.91 bits per heavy atom. The Labute approximate surface area is 273 Å². The second-order valence-electron chi connectivity index (χ2n) is 15.6. The van der Waals surface area contributed by atoms with Gasteiger partial charge < -0.3 is 24.8 Å². The fraction of sp³-hybridized carbons (Fsp3) is 0.714. The van der Waals surface area contributed by atoms with Gasteiger partial charge in [0, 0.05) is 37.6 Å². The number of ketones is 2. The Bertz CT molecular complexity index is 1090. The lowest BCUT2D eigenvalue weighted by atomic mass is 9.60. The monoisotopic (exact) mass is 646 g/mol. The maximum Gasteiger partial charge on any atom is 0.407 e. The van der Waals surface area contributed by atoms with Crippen LogP contribution in [0.25, 0.3) is 0 Å². The van der Waals surface area contributed by atoms with Gasteiger partial charge in [-0.2, -0.15) is 0 Å². The average Bonchev–Trinajstić information content (AvgIpc) is 2.93. The molecule has 11 nitrogen and oxygen atoms in total. The van der Waals surface area contributed by atoms with Crippen molar-refractivity contribution in [3.05, 3.63) is 25.3 Å². The van der Waals surface area contributed by atoms with Crippen LogP contribution in [0.15, 0.2) is 25.3 Å². The molecule has 0 spiro atoms. The van der Waals surface area contributed by atoms with Crippen molar-refractivity contribution in [1.82, 2.24) is 10.6 Å². The minimum atomic E-state index is -0.661. The first-order valence-corrected chi connectivity index (χ1v) is 16.1. The molecule has 2 fully saturated rings. The Morgan fingerprint density at radius 2 is 1.28 bits per heavy atom. The van der Waals surface area contributed by atoms with E-state index < -0.39 is 23.9 Å². The third-order valence-electron chi connectivity index (χ3n) is 8.95. The van der Waals surface area contributed by atoms with E-state index >= 15 is 0 Å². The lowest BCUT2D eigenvalue weighted by Crippen LogP contribution is -2.47. The minimum absolute atomic E-state index is 0.0582. The van der Waals surface area contributed by atoms with Gasteiger partial charge in [-0.1, -0.05) is 54.7 Å². The zero-order valence-corrected chi connectivity index (χ0v) is 28.6. The van der Waals surface area contributed by atoms with Crippen LogP contribution in [0.2, 0.25) is 0 Å². The molecule has 0 aromatic carbocycles. The predicted octanol–water partition coefficient (Wildman–Crippen LogP) is 5.01. The third-order valence-corrected chi connectivity index (χ3v) is 8.95. The Kier molecular flexibility index (Phi) is 13.8. The van der Waals surface area contributed by atoms with E-state index in [1.54, 1.807) is 0 Å². The summed E-state index contributed by atoms with van der Waals surface area (Å²) in [5.41, 5.74) is -0.625. The third kappa shape index (κ3) is 13.9. The van der Waals surface area contributed by atoms with Crippen molar-refractivity contribution in [3.63, 3.8) is 0 Å². The van der Waals surface area contributed by atoms with Crippen LogP contribution in [0, 0.1) is 27.6 Å². The molecular formula is C35H54N2O9. The van der Waals surface area contributed by atoms with Gasteiger partial charge in [-0.3, -0.25) is 14.4 Å². The molecule has 11 heteroatoms. The summed E-state index contributed by atoms with van der Waals surface area (Å²) in [7, 11) is 0. The van der Waals surface area contributed by atoms with E-state index in [1.807, 2.05) is 0 Å². The van der Waals surface area contributed by atoms with Gasteiger partial charge in [0.2, 0.25) is 0 Å². The molecule has 2 aliphatic carbocycles. The molecule has 2 saturated carbocycles. The molecule has 2 amide bonds. The highest BCUT2D eigenvalue weighted by Crippen LogP contribution is 2.50. The van der Waals surface area contributed by atoms with E-state index in [0.717, 1.165) is 44.3 Å². The van der Waals surface area contributed by atoms with Crippen LogP contribution in [-0.2, 0) is 38.2 Å². The van der Waals surface area contributed by atoms with Gasteiger partial charge in [-0.25, -0.2) is 14.4 Å². The number of alkyl carbamates (subject to hydrolysis) is 1. The number of carbonyl (C=O) groups excluding carboxylic acids is 6. The van der Waals surface area contributed by atoms with Crippen molar-refractivity contribution < 1.29 is 43.0 Å². The van der Waals surface area contributed by atoms with Crippen LogP contribution < -0.4 is 10.6 Å². The highest BCUT2D eigenvalue weighted by molar-refractivity contribution is 5.86. The number of carbonyl (C=O) groups is 6. The van der Waals surface area contributed by atoms with Crippen LogP contribution in [0.1, 0.15) is 99.3 Å². The van der Waals surface area contributed by atoms with Gasteiger partial charge in [0.1, 0.15) is 6.61 Å². The van der Waals surface area contributed by atoms with E-state index in [9.17, 15) is 28.8 Å². The fourth-order valence-electron chi connectivity index (χ4n) is 8.07. The number of Topliss-reactive ketones (excluding diaryl/α,β-unsaturated/α-hetero) is 2. The van der Waals surface area contributed by atoms with Crippen molar-refractivity contribution in [3.8, 4) is 0 Å². The quantitative estimate of drug-likeness (QED) is 0.134. The molecule has 4 atom stereocenters. The molecule has 0 aromatic heterocycles. The van der Waals surface area contributed by atoms with Crippen molar-refractivity contribution in [2.24, 2.45) is 27.6 Å². The van der Waals surface area contributed by atoms with Gasteiger partial charge in [0.15, 0.2) is 24.8 Å². The molecule has 46 heavy (non-hydrogen) atoms. The van der Waals surface area contributed by atoms with Crippen molar-refractivity contribution in [1.29, 1.82) is 0 Å². The molecular weight excluding hydrogens is 592 g/mol. The first-order valence-electron chi connectivity index (χ1n) is 16.1. The molecule has 0 heterocycles. The van der Waals surface area contributed by atoms with E-state index in [4.69, 9.17) is 14.2 Å². The predicted molar refractivity (Wildman–Crippen MR) is 172 cm³/mol. The van der Waals surface area contributed by atoms with Crippen molar-refractivity contribution in [2.75, 3.05) is 26.4 Å². The smallest absolute Gasteiger partial charge is 0.407 e. The SMILES string of the molecule is C=CC(=O)OCC(=O)CCC1(C)CC(NC(=O)OCC(=O)CC2CC(C)(C)CC(C)(CNC(=O)COC(=O)C=C)C2)CC(C)(C)C1. The van der Waals surface area contributed by atoms with Crippen molar-refractivity contribution >= 4 is 35.5 Å². The number of hydrogen-bond donors (Lipinski definition) is 2. The Hall–Kier alpha value is -3.50. The summed E-state index contributed by atoms with van der Waals surface area (Å²) in [5, 5.41) is 5.79. The highest BCUT2D eigenvalue weighted by Gasteiger charge is 2.43. The average molecular weight is 647 g/mol. The van der Waals surface area contributed by atoms with Gasteiger partial charge in [0.05, 0.1) is 0 Å². The molecule has 2 aliphatic rings. The normalized spacial score (nSPS) is 26.5. The molecule has 4 unspecified atom stereocenters. The van der Waals surface area contributed by atoms with Crippen LogP contribution in [-0.4, -0.2) is 67.9 Å². The summed E-state index contributed by atoms with van der Waals surface area (Å²) in [6.07, 6.45) is 7.17. The second-order valence-corrected chi connectivity index (χ2v) is 15.6. The maximum absolute atomic E-state index is 12.9. The minimum Gasteiger partial charge on any atom is -0.455 e. The summed E-state index contributed by atoms with van der Waals surface area (Å²) in [5.74, 6) is -1.95. The molecule has 0 aromatic rings. The topological polar surface area (TPSA) is 154 Å². The first-order chi connectivity index (χ1) is 21.3. The highest BCUT2D eigenvalue weighted by atomic mass is 16.6. The van der Waals surface area contributed by atoms with E-state index in [-0.39, 0.29) is 77.8 Å². The van der Waals surface area contributed by atoms with Gasteiger partial charge in [0.25, 0.3) is 5.91 Å². The largest absolute Gasteiger partial charge is 0.455 e. The standard InChI is InChI=1S/C35H54N2O9/c1-9-29(41)44-18-26(38)11-12-34(7)17-25(16-33(5,6)21-34)37-31(43)46-19-27(39)13-24-14-32(3,4)22-35(8,15-24)23-36-28(40)20-45-30(42)10-2/h9-10,24-25H,1-2,11-23H2,3-8H3,(H,36,40)(H,37,43). The Balaban J connectivity index is 1.85. The zero-order valence-electron chi connectivity index (χ0n) is 28.6. The Morgan fingerprint density at radius 1 is 0.717 bits per heavy atom. The van der Waals surface area contributed by atoms with Crippen LogP contribution in [0.4, 0.5) is 4.79 Å². The van der Waals surface area contributed by atoms with Crippen LogP contribution in [0.3, 0.4) is 0 Å². The molecule has 0 aliphatic heterocycles. The van der Waals surface area contributed by atoms with Gasteiger partial charge >= 0.3 is 18.0 Å². The fourth-order valence-corrected chi connectivity index (χ4v) is 8.07. The molecule has 258 valence electrons. The number of hydrogen-bond acceptors (Lipinski definition) is 9. The summed E-state index contributed by atoms with van der Waals surface area (Å²) in [6.45, 7) is 18.8. The molecule has 0 bridgehead atoms.